The van der Waals surface area contributed by atoms with E-state index in [1.165, 1.54) is 44.9 Å². The highest BCUT2D eigenvalue weighted by atomic mass is 16.6. The van der Waals surface area contributed by atoms with Crippen LogP contribution >= 0.6 is 0 Å². The Kier molecular flexibility index (Phi) is 60.0. The van der Waals surface area contributed by atoms with Crippen molar-refractivity contribution < 1.29 is 28.6 Å². The number of carbonyl (C=O) groups excluding carboxylic acids is 3. The molecule has 0 amide bonds. The topological polar surface area (TPSA) is 78.9 Å². The van der Waals surface area contributed by atoms with Crippen molar-refractivity contribution in [1.82, 2.24) is 0 Å². The van der Waals surface area contributed by atoms with Crippen LogP contribution in [0, 0.1) is 0 Å². The van der Waals surface area contributed by atoms with Crippen molar-refractivity contribution in [2.45, 2.75) is 252 Å². The Morgan fingerprint density at radius 2 is 0.513 bits per heavy atom. The number of esters is 3. The summed E-state index contributed by atoms with van der Waals surface area (Å²) in [7, 11) is 0. The fraction of sp³-hybridized carbons (Fsp3) is 0.569. The third-order valence-corrected chi connectivity index (χ3v) is 12.4. The van der Waals surface area contributed by atoms with Crippen molar-refractivity contribution in [3.63, 3.8) is 0 Å². The second kappa shape index (κ2) is 64.3. The Bertz CT molecular complexity index is 1810. The first-order valence-electron chi connectivity index (χ1n) is 31.1. The number of carbonyl (C=O) groups is 3. The molecule has 1 atom stereocenters. The van der Waals surface area contributed by atoms with E-state index in [-0.39, 0.29) is 44.0 Å². The summed E-state index contributed by atoms with van der Waals surface area (Å²) < 4.78 is 16.8. The van der Waals surface area contributed by atoms with Crippen LogP contribution in [0.5, 0.6) is 0 Å². The van der Waals surface area contributed by atoms with E-state index in [0.29, 0.717) is 12.8 Å². The number of hydrogen-bond donors (Lipinski definition) is 0. The zero-order valence-corrected chi connectivity index (χ0v) is 49.9. The first kappa shape index (κ1) is 72.8. The van der Waals surface area contributed by atoms with Gasteiger partial charge in [-0.2, -0.15) is 0 Å². The van der Waals surface area contributed by atoms with Crippen LogP contribution in [0.3, 0.4) is 0 Å². The largest absolute Gasteiger partial charge is 0.462 e. The predicted octanol–water partition coefficient (Wildman–Crippen LogP) is 21.5. The number of ether oxygens (including phenoxy) is 3. The molecular weight excluding hydrogens is 961 g/mol. The van der Waals surface area contributed by atoms with E-state index in [9.17, 15) is 14.4 Å². The molecule has 0 bridgehead atoms. The summed E-state index contributed by atoms with van der Waals surface area (Å²) in [5.74, 6) is -1.02. The van der Waals surface area contributed by atoms with Gasteiger partial charge in [0.1, 0.15) is 13.2 Å². The van der Waals surface area contributed by atoms with E-state index in [1.807, 2.05) is 0 Å². The van der Waals surface area contributed by atoms with Crippen LogP contribution < -0.4 is 0 Å². The Morgan fingerprint density at radius 1 is 0.269 bits per heavy atom. The van der Waals surface area contributed by atoms with Gasteiger partial charge < -0.3 is 14.2 Å². The number of hydrogen-bond acceptors (Lipinski definition) is 6. The van der Waals surface area contributed by atoms with Crippen LogP contribution in [0.2, 0.25) is 0 Å². The lowest BCUT2D eigenvalue weighted by Crippen LogP contribution is -2.30. The molecule has 0 aliphatic heterocycles. The summed E-state index contributed by atoms with van der Waals surface area (Å²) in [5, 5.41) is 0. The molecular formula is C72H112O6. The van der Waals surface area contributed by atoms with Gasteiger partial charge in [-0.25, -0.2) is 0 Å². The quantitative estimate of drug-likeness (QED) is 0.0261. The summed E-state index contributed by atoms with van der Waals surface area (Å²) in [6.07, 6.45) is 94.9. The zero-order valence-electron chi connectivity index (χ0n) is 49.9. The molecule has 1 unspecified atom stereocenters. The van der Waals surface area contributed by atoms with Crippen LogP contribution in [0.1, 0.15) is 245 Å². The molecule has 6 heteroatoms. The van der Waals surface area contributed by atoms with Crippen LogP contribution in [0.4, 0.5) is 0 Å². The van der Waals surface area contributed by atoms with E-state index >= 15 is 0 Å². The molecule has 0 aliphatic carbocycles. The fourth-order valence-corrected chi connectivity index (χ4v) is 7.84. The Morgan fingerprint density at radius 3 is 0.846 bits per heavy atom. The Labute approximate surface area is 479 Å². The lowest BCUT2D eigenvalue weighted by Gasteiger charge is -2.18. The second-order valence-corrected chi connectivity index (χ2v) is 19.8. The van der Waals surface area contributed by atoms with Crippen LogP contribution in [-0.2, 0) is 28.6 Å². The summed E-state index contributed by atoms with van der Waals surface area (Å²) in [4.78, 5) is 38.3. The number of rotatable bonds is 54. The monoisotopic (exact) mass is 1070 g/mol. The third-order valence-electron chi connectivity index (χ3n) is 12.4. The van der Waals surface area contributed by atoms with Gasteiger partial charge >= 0.3 is 17.9 Å². The lowest BCUT2D eigenvalue weighted by molar-refractivity contribution is -0.167. The Hall–Kier alpha value is -5.23. The minimum absolute atomic E-state index is 0.119. The first-order chi connectivity index (χ1) is 38.5. The molecule has 0 rings (SSSR count). The van der Waals surface area contributed by atoms with Gasteiger partial charge in [0.25, 0.3) is 0 Å². The average Bonchev–Trinajstić information content (AvgIpc) is 3.44. The SMILES string of the molecule is CC/C=C\C/C=C\C/C=C\C/C=C\C/C=C\C/C=C\C/C=C\CCCC(=O)OCC(COC(=O)CCCCCCC/C=C\CCCCCCC)OC(=O)CCCCCC/C=C\C/C=C\C/C=C\C/C=C\C/C=C\C/C=C\CC. The molecule has 78 heavy (non-hydrogen) atoms. The van der Waals surface area contributed by atoms with Crippen molar-refractivity contribution in [1.29, 1.82) is 0 Å². The highest BCUT2D eigenvalue weighted by Crippen LogP contribution is 2.13. The average molecular weight is 1070 g/mol. The molecule has 0 radical (unpaired) electrons. The van der Waals surface area contributed by atoms with Crippen molar-refractivity contribution in [3.05, 3.63) is 170 Å². The standard InChI is InChI=1S/C72H112O6/c1-4-7-10-13-16-19-22-25-28-30-32-34-36-38-40-42-44-47-50-53-56-59-62-65-71(74)77-68-69(67-76-70(73)64-61-58-55-52-49-46-27-24-21-18-15-12-9-6-3)78-72(75)66-63-60-57-54-51-48-45-43-41-39-37-35-33-31-29-26-23-20-17-14-11-8-5-2/h7-8,10-11,16-17,19-20,24-29,32-35,38-41,44-45,47-48,53,56,69H,4-6,9,12-15,18,21-23,30-31,36-37,42-43,46,49-52,54-55,57-68H2,1-3H3/b10-7-,11-8-,19-16-,20-17-,27-24-,28-25-,29-26-,34-32-,35-33-,40-38-,41-39-,47-44-,48-45-,56-53-. The van der Waals surface area contributed by atoms with Gasteiger partial charge in [-0.1, -0.05) is 249 Å². The Balaban J connectivity index is 4.57. The molecule has 0 aromatic rings. The van der Waals surface area contributed by atoms with Crippen molar-refractivity contribution in [2.75, 3.05) is 13.2 Å². The van der Waals surface area contributed by atoms with E-state index in [0.717, 1.165) is 154 Å². The van der Waals surface area contributed by atoms with Gasteiger partial charge in [0.2, 0.25) is 0 Å². The zero-order chi connectivity index (χ0) is 56.4. The van der Waals surface area contributed by atoms with Crippen molar-refractivity contribution in [2.24, 2.45) is 0 Å². The van der Waals surface area contributed by atoms with Crippen molar-refractivity contribution >= 4 is 17.9 Å². The van der Waals surface area contributed by atoms with Gasteiger partial charge in [0, 0.05) is 19.3 Å². The van der Waals surface area contributed by atoms with E-state index < -0.39 is 6.10 Å². The minimum Gasteiger partial charge on any atom is -0.462 e. The molecule has 0 aliphatic rings. The summed E-state index contributed by atoms with van der Waals surface area (Å²) in [6, 6.07) is 0. The fourth-order valence-electron chi connectivity index (χ4n) is 7.84. The summed E-state index contributed by atoms with van der Waals surface area (Å²) in [5.41, 5.74) is 0. The smallest absolute Gasteiger partial charge is 0.306 e. The van der Waals surface area contributed by atoms with Gasteiger partial charge in [-0.3, -0.25) is 14.4 Å². The number of unbranched alkanes of at least 4 members (excludes halogenated alkanes) is 15. The molecule has 0 aromatic heterocycles. The second-order valence-electron chi connectivity index (χ2n) is 19.8. The molecule has 0 spiro atoms. The molecule has 0 aromatic carbocycles. The van der Waals surface area contributed by atoms with Gasteiger partial charge in [0.05, 0.1) is 0 Å². The molecule has 0 N–H and O–H groups in total. The van der Waals surface area contributed by atoms with E-state index in [2.05, 4.69) is 191 Å². The lowest BCUT2D eigenvalue weighted by atomic mass is 10.1. The van der Waals surface area contributed by atoms with Crippen LogP contribution in [0.15, 0.2) is 170 Å². The maximum atomic E-state index is 12.9. The first-order valence-corrected chi connectivity index (χ1v) is 31.1. The molecule has 0 heterocycles. The van der Waals surface area contributed by atoms with Crippen LogP contribution in [-0.4, -0.2) is 37.2 Å². The molecule has 0 saturated heterocycles. The minimum atomic E-state index is -0.829. The third kappa shape index (κ3) is 61.6. The summed E-state index contributed by atoms with van der Waals surface area (Å²) in [6.45, 7) is 6.31. The normalized spacial score (nSPS) is 13.3. The van der Waals surface area contributed by atoms with E-state index in [4.69, 9.17) is 14.2 Å². The van der Waals surface area contributed by atoms with Gasteiger partial charge in [-0.05, 0) is 148 Å². The summed E-state index contributed by atoms with van der Waals surface area (Å²) >= 11 is 0. The highest BCUT2D eigenvalue weighted by Gasteiger charge is 2.19. The molecule has 0 fully saturated rings. The molecule has 6 nitrogen and oxygen atoms in total. The predicted molar refractivity (Wildman–Crippen MR) is 338 cm³/mol. The molecule has 0 saturated carbocycles. The van der Waals surface area contributed by atoms with E-state index in [1.54, 1.807) is 0 Å². The van der Waals surface area contributed by atoms with Crippen molar-refractivity contribution in [3.8, 4) is 0 Å². The molecule has 436 valence electrons. The van der Waals surface area contributed by atoms with Gasteiger partial charge in [-0.15, -0.1) is 0 Å². The number of allylic oxidation sites excluding steroid dienone is 28. The maximum Gasteiger partial charge on any atom is 0.306 e. The van der Waals surface area contributed by atoms with Crippen LogP contribution in [0.25, 0.3) is 0 Å². The van der Waals surface area contributed by atoms with Gasteiger partial charge in [0.15, 0.2) is 6.10 Å². The highest BCUT2D eigenvalue weighted by molar-refractivity contribution is 5.71. The maximum absolute atomic E-state index is 12.9.